The quantitative estimate of drug-likeness (QED) is 0.646. The summed E-state index contributed by atoms with van der Waals surface area (Å²) in [7, 11) is 0. The Labute approximate surface area is 150 Å². The van der Waals surface area contributed by atoms with Gasteiger partial charge < -0.3 is 5.32 Å². The SMILES string of the molecule is O=C(Nc1ccc(Cl)c([N+](=O)[O-])c1)[C@H](c1ccccc1)N1CCCC1. The standard InChI is InChI=1S/C18H18ClN3O3/c19-15-9-8-14(12-16(15)22(24)25)20-18(23)17(21-10-4-5-11-21)13-6-2-1-3-7-13/h1-3,6-9,12,17H,4-5,10-11H2,(H,20,23)/t17-/m0/s1. The number of hydrogen-bond donors (Lipinski definition) is 1. The lowest BCUT2D eigenvalue weighted by atomic mass is 10.0. The molecular formula is C18H18ClN3O3. The number of hydrogen-bond acceptors (Lipinski definition) is 4. The van der Waals surface area contributed by atoms with Crippen LogP contribution in [0.2, 0.25) is 5.02 Å². The van der Waals surface area contributed by atoms with Gasteiger partial charge in [0, 0.05) is 11.8 Å². The van der Waals surface area contributed by atoms with Gasteiger partial charge in [-0.2, -0.15) is 0 Å². The molecule has 1 aliphatic rings. The molecule has 0 aliphatic carbocycles. The van der Waals surface area contributed by atoms with Crippen LogP contribution in [0.3, 0.4) is 0 Å². The van der Waals surface area contributed by atoms with Gasteiger partial charge in [0.15, 0.2) is 0 Å². The number of anilines is 1. The van der Waals surface area contributed by atoms with Crippen molar-refractivity contribution in [2.75, 3.05) is 18.4 Å². The van der Waals surface area contributed by atoms with Crippen LogP contribution in [0.25, 0.3) is 0 Å². The lowest BCUT2D eigenvalue weighted by molar-refractivity contribution is -0.384. The Morgan fingerprint density at radius 1 is 1.16 bits per heavy atom. The van der Waals surface area contributed by atoms with Gasteiger partial charge in [-0.3, -0.25) is 19.8 Å². The summed E-state index contributed by atoms with van der Waals surface area (Å²) >= 11 is 5.83. The van der Waals surface area contributed by atoms with Crippen molar-refractivity contribution in [3.63, 3.8) is 0 Å². The number of amides is 1. The van der Waals surface area contributed by atoms with Gasteiger partial charge in [0.2, 0.25) is 5.91 Å². The Kier molecular flexibility index (Phi) is 5.31. The van der Waals surface area contributed by atoms with Crippen molar-refractivity contribution in [1.29, 1.82) is 0 Å². The molecule has 0 unspecified atom stereocenters. The lowest BCUT2D eigenvalue weighted by Crippen LogP contribution is -2.35. The van der Waals surface area contributed by atoms with E-state index < -0.39 is 11.0 Å². The minimum absolute atomic E-state index is 0.0437. The highest BCUT2D eigenvalue weighted by Gasteiger charge is 2.30. The summed E-state index contributed by atoms with van der Waals surface area (Å²) < 4.78 is 0. The molecule has 0 radical (unpaired) electrons. The molecular weight excluding hydrogens is 342 g/mol. The van der Waals surface area contributed by atoms with E-state index in [2.05, 4.69) is 10.2 Å². The number of benzene rings is 2. The number of nitrogens with zero attached hydrogens (tertiary/aromatic N) is 2. The predicted octanol–water partition coefficient (Wildman–Crippen LogP) is 4.02. The largest absolute Gasteiger partial charge is 0.324 e. The van der Waals surface area contributed by atoms with Crippen molar-refractivity contribution < 1.29 is 9.72 Å². The van der Waals surface area contributed by atoms with Gasteiger partial charge in [-0.05, 0) is 43.6 Å². The molecule has 2 aromatic rings. The maximum Gasteiger partial charge on any atom is 0.289 e. The van der Waals surface area contributed by atoms with Crippen molar-refractivity contribution in [1.82, 2.24) is 4.90 Å². The number of carbonyl (C=O) groups excluding carboxylic acids is 1. The fourth-order valence-corrected chi connectivity index (χ4v) is 3.29. The molecule has 0 aromatic heterocycles. The topological polar surface area (TPSA) is 75.5 Å². The van der Waals surface area contributed by atoms with E-state index in [1.165, 1.54) is 12.1 Å². The molecule has 0 spiro atoms. The van der Waals surface area contributed by atoms with E-state index in [0.29, 0.717) is 5.69 Å². The number of likely N-dealkylation sites (tertiary alicyclic amines) is 1. The molecule has 0 saturated carbocycles. The fourth-order valence-electron chi connectivity index (χ4n) is 3.10. The van der Waals surface area contributed by atoms with Gasteiger partial charge in [0.1, 0.15) is 11.1 Å². The number of nitro benzene ring substituents is 1. The number of nitro groups is 1. The zero-order valence-electron chi connectivity index (χ0n) is 13.5. The number of nitrogens with one attached hydrogen (secondary N) is 1. The molecule has 6 nitrogen and oxygen atoms in total. The van der Waals surface area contributed by atoms with Crippen LogP contribution in [0.15, 0.2) is 48.5 Å². The smallest absolute Gasteiger partial charge is 0.289 e. The van der Waals surface area contributed by atoms with Crippen molar-refractivity contribution in [3.8, 4) is 0 Å². The first kappa shape index (κ1) is 17.4. The minimum atomic E-state index is -0.562. The Balaban J connectivity index is 1.86. The maximum absolute atomic E-state index is 12.9. The Hall–Kier alpha value is -2.44. The van der Waals surface area contributed by atoms with Crippen LogP contribution >= 0.6 is 11.6 Å². The summed E-state index contributed by atoms with van der Waals surface area (Å²) in [4.78, 5) is 25.5. The lowest BCUT2D eigenvalue weighted by Gasteiger charge is -2.27. The monoisotopic (exact) mass is 359 g/mol. The molecule has 1 aliphatic heterocycles. The molecule has 1 amide bonds. The zero-order valence-corrected chi connectivity index (χ0v) is 14.3. The number of rotatable bonds is 5. The summed E-state index contributed by atoms with van der Waals surface area (Å²) in [5.74, 6) is -0.204. The van der Waals surface area contributed by atoms with Crippen molar-refractivity contribution in [2.45, 2.75) is 18.9 Å². The fraction of sp³-hybridized carbons (Fsp3) is 0.278. The van der Waals surface area contributed by atoms with E-state index in [1.807, 2.05) is 30.3 Å². The Morgan fingerprint density at radius 2 is 1.84 bits per heavy atom. The third-order valence-electron chi connectivity index (χ3n) is 4.28. The van der Waals surface area contributed by atoms with E-state index in [4.69, 9.17) is 11.6 Å². The van der Waals surface area contributed by atoms with Gasteiger partial charge in [0.05, 0.1) is 4.92 Å². The van der Waals surface area contributed by atoms with Crippen LogP contribution < -0.4 is 5.32 Å². The number of halogens is 1. The van der Waals surface area contributed by atoms with Gasteiger partial charge in [-0.25, -0.2) is 0 Å². The van der Waals surface area contributed by atoms with Crippen molar-refractivity contribution in [2.24, 2.45) is 0 Å². The molecule has 1 fully saturated rings. The van der Waals surface area contributed by atoms with Crippen LogP contribution in [-0.2, 0) is 4.79 Å². The van der Waals surface area contributed by atoms with Crippen LogP contribution in [0.1, 0.15) is 24.4 Å². The molecule has 1 saturated heterocycles. The molecule has 0 bridgehead atoms. The molecule has 130 valence electrons. The summed E-state index contributed by atoms with van der Waals surface area (Å²) in [6, 6.07) is 13.4. The first-order valence-corrected chi connectivity index (χ1v) is 8.48. The second-order valence-corrected chi connectivity index (χ2v) is 6.38. The Morgan fingerprint density at radius 3 is 2.48 bits per heavy atom. The first-order valence-electron chi connectivity index (χ1n) is 8.10. The third-order valence-corrected chi connectivity index (χ3v) is 4.60. The van der Waals surface area contributed by atoms with E-state index in [-0.39, 0.29) is 16.6 Å². The highest BCUT2D eigenvalue weighted by atomic mass is 35.5. The minimum Gasteiger partial charge on any atom is -0.324 e. The van der Waals surface area contributed by atoms with E-state index in [1.54, 1.807) is 6.07 Å². The molecule has 1 atom stereocenters. The normalized spacial score (nSPS) is 15.7. The molecule has 3 rings (SSSR count). The summed E-state index contributed by atoms with van der Waals surface area (Å²) in [6.45, 7) is 1.71. The summed E-state index contributed by atoms with van der Waals surface area (Å²) in [5, 5.41) is 13.9. The molecule has 1 heterocycles. The molecule has 2 aromatic carbocycles. The van der Waals surface area contributed by atoms with Crippen LogP contribution in [0.4, 0.5) is 11.4 Å². The average molecular weight is 360 g/mol. The maximum atomic E-state index is 12.9. The van der Waals surface area contributed by atoms with Crippen LogP contribution in [0.5, 0.6) is 0 Å². The third kappa shape index (κ3) is 3.97. The summed E-state index contributed by atoms with van der Waals surface area (Å²) in [6.07, 6.45) is 2.12. The highest BCUT2D eigenvalue weighted by molar-refractivity contribution is 6.32. The van der Waals surface area contributed by atoms with Crippen molar-refractivity contribution >= 4 is 28.9 Å². The van der Waals surface area contributed by atoms with E-state index >= 15 is 0 Å². The predicted molar refractivity (Wildman–Crippen MR) is 96.7 cm³/mol. The van der Waals surface area contributed by atoms with Gasteiger partial charge in [-0.1, -0.05) is 41.9 Å². The summed E-state index contributed by atoms with van der Waals surface area (Å²) in [5.41, 5.74) is 1.04. The van der Waals surface area contributed by atoms with Gasteiger partial charge in [0.25, 0.3) is 5.69 Å². The molecule has 25 heavy (non-hydrogen) atoms. The van der Waals surface area contributed by atoms with E-state index in [0.717, 1.165) is 31.5 Å². The first-order chi connectivity index (χ1) is 12.1. The Bertz CT molecular complexity index is 776. The van der Waals surface area contributed by atoms with E-state index in [9.17, 15) is 14.9 Å². The van der Waals surface area contributed by atoms with Crippen molar-refractivity contribution in [3.05, 3.63) is 69.2 Å². The second-order valence-electron chi connectivity index (χ2n) is 5.97. The van der Waals surface area contributed by atoms with Crippen LogP contribution in [-0.4, -0.2) is 28.8 Å². The zero-order chi connectivity index (χ0) is 17.8. The molecule has 7 heteroatoms. The average Bonchev–Trinajstić information content (AvgIpc) is 3.11. The van der Waals surface area contributed by atoms with Gasteiger partial charge >= 0.3 is 0 Å². The number of carbonyl (C=O) groups is 1. The second kappa shape index (κ2) is 7.63. The van der Waals surface area contributed by atoms with Crippen LogP contribution in [0, 0.1) is 10.1 Å². The molecule has 1 N–H and O–H groups in total. The van der Waals surface area contributed by atoms with Gasteiger partial charge in [-0.15, -0.1) is 0 Å². The highest BCUT2D eigenvalue weighted by Crippen LogP contribution is 2.30.